The van der Waals surface area contributed by atoms with Gasteiger partial charge in [-0.15, -0.1) is 0 Å². The lowest BCUT2D eigenvalue weighted by Gasteiger charge is -2.07. The third-order valence-corrected chi connectivity index (χ3v) is 2.58. The van der Waals surface area contributed by atoms with Gasteiger partial charge in [0, 0.05) is 11.9 Å². The van der Waals surface area contributed by atoms with Gasteiger partial charge in [-0.3, -0.25) is 4.98 Å². The molecule has 7 heteroatoms. The van der Waals surface area contributed by atoms with Gasteiger partial charge in [0.15, 0.2) is 0 Å². The van der Waals surface area contributed by atoms with E-state index in [-0.39, 0.29) is 5.56 Å². The lowest BCUT2D eigenvalue weighted by atomic mass is 10.1. The third-order valence-electron chi connectivity index (χ3n) is 2.58. The van der Waals surface area contributed by atoms with Crippen molar-refractivity contribution >= 4 is 0 Å². The normalized spacial score (nSPS) is 11.4. The molecule has 2 aromatic heterocycles. The van der Waals surface area contributed by atoms with Crippen LogP contribution in [0.5, 0.6) is 0 Å². The van der Waals surface area contributed by atoms with Gasteiger partial charge < -0.3 is 0 Å². The summed E-state index contributed by atoms with van der Waals surface area (Å²) in [5, 5.41) is 12.7. The molecule has 0 atom stereocenters. The molecule has 0 unspecified atom stereocenters. The average molecular weight is 266 g/mol. The second-order valence-electron chi connectivity index (χ2n) is 4.03. The fraction of sp³-hybridized carbons (Fsp3) is 0.250. The van der Waals surface area contributed by atoms with Gasteiger partial charge in [-0.25, -0.2) is 4.68 Å². The summed E-state index contributed by atoms with van der Waals surface area (Å²) in [6.07, 6.45) is -2.87. The van der Waals surface area contributed by atoms with Gasteiger partial charge in [0.25, 0.3) is 0 Å². The number of hydrogen-bond donors (Lipinski definition) is 0. The van der Waals surface area contributed by atoms with Gasteiger partial charge in [-0.2, -0.15) is 23.5 Å². The smallest absolute Gasteiger partial charge is 0.257 e. The summed E-state index contributed by atoms with van der Waals surface area (Å²) in [6, 6.07) is 3.46. The van der Waals surface area contributed by atoms with E-state index in [1.54, 1.807) is 13.8 Å². The van der Waals surface area contributed by atoms with Crippen LogP contribution in [0.15, 0.2) is 18.5 Å². The number of halogens is 3. The van der Waals surface area contributed by atoms with Crippen LogP contribution in [-0.2, 0) is 6.18 Å². The molecule has 2 heterocycles. The number of hydrogen-bond acceptors (Lipinski definition) is 3. The minimum absolute atomic E-state index is 0.211. The number of nitrogens with zero attached hydrogens (tertiary/aromatic N) is 4. The first-order valence-electron chi connectivity index (χ1n) is 5.33. The summed E-state index contributed by atoms with van der Waals surface area (Å²) < 4.78 is 38.6. The summed E-state index contributed by atoms with van der Waals surface area (Å²) in [6.45, 7) is 3.33. The predicted molar refractivity (Wildman–Crippen MR) is 60.6 cm³/mol. The molecule has 0 aliphatic heterocycles. The first-order chi connectivity index (χ1) is 8.82. The molecule has 2 rings (SSSR count). The van der Waals surface area contributed by atoms with Gasteiger partial charge in [0.1, 0.15) is 6.07 Å². The second-order valence-corrected chi connectivity index (χ2v) is 4.03. The van der Waals surface area contributed by atoms with Crippen molar-refractivity contribution in [2.45, 2.75) is 20.0 Å². The van der Waals surface area contributed by atoms with Crippen LogP contribution in [0.1, 0.15) is 22.5 Å². The molecule has 0 aliphatic rings. The Hall–Kier alpha value is -2.36. The van der Waals surface area contributed by atoms with Crippen molar-refractivity contribution in [2.24, 2.45) is 0 Å². The lowest BCUT2D eigenvalue weighted by Crippen LogP contribution is -2.05. The van der Waals surface area contributed by atoms with Crippen LogP contribution in [0.25, 0.3) is 5.69 Å². The van der Waals surface area contributed by atoms with Crippen LogP contribution >= 0.6 is 0 Å². The Bertz CT molecular complexity index is 665. The zero-order valence-electron chi connectivity index (χ0n) is 10.2. The largest absolute Gasteiger partial charge is 0.419 e. The standard InChI is InChI=1S/C12H9F3N4/c1-7-3-11(10(4-16)8(2)18-7)19-6-9(5-17-19)12(13,14)15/h3,5-6H,1-2H3. The van der Waals surface area contributed by atoms with Crippen LogP contribution in [0.4, 0.5) is 13.2 Å². The summed E-state index contributed by atoms with van der Waals surface area (Å²) in [5.74, 6) is 0. The van der Waals surface area contributed by atoms with E-state index in [4.69, 9.17) is 5.26 Å². The monoisotopic (exact) mass is 266 g/mol. The maximum Gasteiger partial charge on any atom is 0.419 e. The maximum absolute atomic E-state index is 12.5. The number of nitriles is 1. The number of aromatic nitrogens is 3. The predicted octanol–water partition coefficient (Wildman–Crippen LogP) is 2.77. The van der Waals surface area contributed by atoms with Crippen molar-refractivity contribution in [1.29, 1.82) is 5.26 Å². The van der Waals surface area contributed by atoms with Crippen molar-refractivity contribution in [2.75, 3.05) is 0 Å². The number of pyridine rings is 1. The highest BCUT2D eigenvalue weighted by atomic mass is 19.4. The van der Waals surface area contributed by atoms with E-state index in [1.165, 1.54) is 6.07 Å². The molecule has 0 saturated heterocycles. The minimum Gasteiger partial charge on any atom is -0.257 e. The number of rotatable bonds is 1. The van der Waals surface area contributed by atoms with Crippen molar-refractivity contribution in [3.05, 3.63) is 41.0 Å². The van der Waals surface area contributed by atoms with Gasteiger partial charge >= 0.3 is 6.18 Å². The molecule has 0 amide bonds. The first kappa shape index (κ1) is 13.1. The molecular formula is C12H9F3N4. The van der Waals surface area contributed by atoms with E-state index >= 15 is 0 Å². The molecule has 0 aromatic carbocycles. The van der Waals surface area contributed by atoms with Crippen LogP contribution in [0.2, 0.25) is 0 Å². The van der Waals surface area contributed by atoms with E-state index in [0.717, 1.165) is 17.1 Å². The summed E-state index contributed by atoms with van der Waals surface area (Å²) >= 11 is 0. The molecule has 0 bridgehead atoms. The van der Waals surface area contributed by atoms with Crippen molar-refractivity contribution in [1.82, 2.24) is 14.8 Å². The van der Waals surface area contributed by atoms with Crippen LogP contribution in [0.3, 0.4) is 0 Å². The van der Waals surface area contributed by atoms with Crippen LogP contribution < -0.4 is 0 Å². The highest BCUT2D eigenvalue weighted by molar-refractivity contribution is 5.51. The Morgan fingerprint density at radius 2 is 2.00 bits per heavy atom. The van der Waals surface area contributed by atoms with E-state index in [2.05, 4.69) is 10.1 Å². The molecule has 0 N–H and O–H groups in total. The quantitative estimate of drug-likeness (QED) is 0.797. The van der Waals surface area contributed by atoms with Crippen molar-refractivity contribution in [3.8, 4) is 11.8 Å². The Kier molecular flexibility index (Phi) is 3.02. The highest BCUT2D eigenvalue weighted by Crippen LogP contribution is 2.29. The number of aryl methyl sites for hydroxylation is 2. The Balaban J connectivity index is 2.60. The van der Waals surface area contributed by atoms with Crippen molar-refractivity contribution in [3.63, 3.8) is 0 Å². The molecule has 0 aliphatic carbocycles. The molecule has 19 heavy (non-hydrogen) atoms. The van der Waals surface area contributed by atoms with Gasteiger partial charge in [0.05, 0.1) is 28.7 Å². The molecule has 0 radical (unpaired) electrons. The molecule has 98 valence electrons. The molecule has 0 saturated carbocycles. The third kappa shape index (κ3) is 2.42. The topological polar surface area (TPSA) is 54.5 Å². The van der Waals surface area contributed by atoms with Gasteiger partial charge in [0.2, 0.25) is 0 Å². The molecular weight excluding hydrogens is 257 g/mol. The molecule has 0 spiro atoms. The van der Waals surface area contributed by atoms with E-state index in [1.807, 2.05) is 6.07 Å². The zero-order chi connectivity index (χ0) is 14.2. The molecule has 4 nitrogen and oxygen atoms in total. The summed E-state index contributed by atoms with van der Waals surface area (Å²) in [5.41, 5.74) is 0.714. The lowest BCUT2D eigenvalue weighted by molar-refractivity contribution is -0.137. The highest BCUT2D eigenvalue weighted by Gasteiger charge is 2.32. The number of alkyl halides is 3. The summed E-state index contributed by atoms with van der Waals surface area (Å²) in [7, 11) is 0. The first-order valence-corrected chi connectivity index (χ1v) is 5.33. The van der Waals surface area contributed by atoms with E-state index in [0.29, 0.717) is 17.1 Å². The minimum atomic E-state index is -4.46. The maximum atomic E-state index is 12.5. The van der Waals surface area contributed by atoms with Gasteiger partial charge in [-0.1, -0.05) is 0 Å². The average Bonchev–Trinajstić information content (AvgIpc) is 2.76. The van der Waals surface area contributed by atoms with Crippen LogP contribution in [-0.4, -0.2) is 14.8 Å². The molecule has 2 aromatic rings. The Morgan fingerprint density at radius 3 is 2.53 bits per heavy atom. The van der Waals surface area contributed by atoms with Crippen LogP contribution in [0, 0.1) is 25.2 Å². The Labute approximate surface area is 107 Å². The fourth-order valence-corrected chi connectivity index (χ4v) is 1.73. The molecule has 0 fully saturated rings. The van der Waals surface area contributed by atoms with E-state index in [9.17, 15) is 13.2 Å². The van der Waals surface area contributed by atoms with Gasteiger partial charge in [-0.05, 0) is 19.9 Å². The SMILES string of the molecule is Cc1cc(-n2cc(C(F)(F)F)cn2)c(C#N)c(C)n1. The van der Waals surface area contributed by atoms with E-state index < -0.39 is 11.7 Å². The summed E-state index contributed by atoms with van der Waals surface area (Å²) in [4.78, 5) is 4.10. The zero-order valence-corrected chi connectivity index (χ0v) is 10.2. The fourth-order valence-electron chi connectivity index (χ4n) is 1.73. The Morgan fingerprint density at radius 1 is 1.32 bits per heavy atom. The second kappa shape index (κ2) is 4.39. The van der Waals surface area contributed by atoms with Crippen molar-refractivity contribution < 1.29 is 13.2 Å².